The van der Waals surface area contributed by atoms with Gasteiger partial charge in [0.25, 0.3) is 5.56 Å². The molecule has 0 saturated heterocycles. The number of ether oxygens (including phenoxy) is 2. The second-order valence-corrected chi connectivity index (χ2v) is 7.40. The first kappa shape index (κ1) is 25.1. The Morgan fingerprint density at radius 1 is 1.10 bits per heavy atom. The Balaban J connectivity index is 2.17. The molecule has 0 saturated carbocycles. The zero-order chi connectivity index (χ0) is 21.5. The zero-order valence-electron chi connectivity index (χ0n) is 17.8. The standard InChI is InChI=1S/C21H36N2O6/c1-3-4-5-6-7-8-9-10-11-12-19(25)28-15-18(14-24)29-16-23-13-17(2)20(26)22-21(23)27/h13,18,24H,3-12,14-16H2,1-2H3,(H,22,26,27)/t18-/m1/s1. The summed E-state index contributed by atoms with van der Waals surface area (Å²) >= 11 is 0. The molecule has 1 heterocycles. The molecule has 1 rings (SSSR count). The number of hydrogen-bond donors (Lipinski definition) is 2. The molecule has 1 aromatic heterocycles. The third-order valence-electron chi connectivity index (χ3n) is 4.76. The normalized spacial score (nSPS) is 12.1. The first-order chi connectivity index (χ1) is 14.0. The number of unbranched alkanes of at least 4 members (excludes halogenated alkanes) is 8. The van der Waals surface area contributed by atoms with Gasteiger partial charge in [-0.05, 0) is 13.3 Å². The number of aromatic nitrogens is 2. The third kappa shape index (κ3) is 11.0. The minimum atomic E-state index is -0.735. The van der Waals surface area contributed by atoms with Crippen LogP contribution in [0.1, 0.15) is 76.7 Å². The first-order valence-corrected chi connectivity index (χ1v) is 10.7. The predicted molar refractivity (Wildman–Crippen MR) is 111 cm³/mol. The number of aryl methyl sites for hydroxylation is 1. The van der Waals surface area contributed by atoms with Crippen LogP contribution in [0.15, 0.2) is 15.8 Å². The smallest absolute Gasteiger partial charge is 0.330 e. The SMILES string of the molecule is CCCCCCCCCCCC(=O)OC[C@@H](CO)OCn1cc(C)c(=O)[nH]c1=O. The average Bonchev–Trinajstić information content (AvgIpc) is 2.70. The quantitative estimate of drug-likeness (QED) is 0.319. The van der Waals surface area contributed by atoms with Crippen molar-refractivity contribution >= 4 is 5.97 Å². The second-order valence-electron chi connectivity index (χ2n) is 7.40. The van der Waals surface area contributed by atoms with Crippen molar-refractivity contribution in [2.75, 3.05) is 13.2 Å². The predicted octanol–water partition coefficient (Wildman–Crippen LogP) is 2.64. The van der Waals surface area contributed by atoms with Crippen molar-refractivity contribution in [1.29, 1.82) is 0 Å². The van der Waals surface area contributed by atoms with E-state index >= 15 is 0 Å². The highest BCUT2D eigenvalue weighted by molar-refractivity contribution is 5.69. The van der Waals surface area contributed by atoms with E-state index in [-0.39, 0.29) is 25.9 Å². The lowest BCUT2D eigenvalue weighted by atomic mass is 10.1. The van der Waals surface area contributed by atoms with E-state index in [0.29, 0.717) is 12.0 Å². The molecule has 2 N–H and O–H groups in total. The van der Waals surface area contributed by atoms with Crippen LogP contribution in [0, 0.1) is 6.92 Å². The van der Waals surface area contributed by atoms with E-state index in [1.165, 1.54) is 49.3 Å². The van der Waals surface area contributed by atoms with Crippen LogP contribution in [-0.4, -0.2) is 39.9 Å². The van der Waals surface area contributed by atoms with Crippen molar-refractivity contribution in [3.8, 4) is 0 Å². The van der Waals surface area contributed by atoms with E-state index in [0.717, 1.165) is 19.3 Å². The van der Waals surface area contributed by atoms with Gasteiger partial charge in [0.2, 0.25) is 0 Å². The van der Waals surface area contributed by atoms with E-state index in [1.807, 2.05) is 0 Å². The number of aliphatic hydroxyl groups is 1. The molecule has 29 heavy (non-hydrogen) atoms. The number of esters is 1. The lowest BCUT2D eigenvalue weighted by Gasteiger charge is -2.16. The molecular formula is C21H36N2O6. The Bertz CT molecular complexity index is 697. The number of rotatable bonds is 16. The molecule has 0 aliphatic carbocycles. The molecule has 0 spiro atoms. The second kappa shape index (κ2) is 15.0. The number of nitrogens with zero attached hydrogens (tertiary/aromatic N) is 1. The van der Waals surface area contributed by atoms with Crippen molar-refractivity contribution in [3.63, 3.8) is 0 Å². The summed E-state index contributed by atoms with van der Waals surface area (Å²) in [7, 11) is 0. The number of H-pyrrole nitrogens is 1. The summed E-state index contributed by atoms with van der Waals surface area (Å²) in [5.41, 5.74) is -0.670. The van der Waals surface area contributed by atoms with Crippen LogP contribution in [-0.2, 0) is 21.0 Å². The van der Waals surface area contributed by atoms with E-state index in [1.54, 1.807) is 6.92 Å². The van der Waals surface area contributed by atoms with Crippen LogP contribution in [0.25, 0.3) is 0 Å². The Labute approximate surface area is 172 Å². The minimum Gasteiger partial charge on any atom is -0.463 e. The van der Waals surface area contributed by atoms with Gasteiger partial charge in [0.15, 0.2) is 0 Å². The van der Waals surface area contributed by atoms with Crippen molar-refractivity contribution in [3.05, 3.63) is 32.6 Å². The Morgan fingerprint density at radius 3 is 2.34 bits per heavy atom. The lowest BCUT2D eigenvalue weighted by Crippen LogP contribution is -2.34. The molecule has 0 radical (unpaired) electrons. The van der Waals surface area contributed by atoms with Gasteiger partial charge in [-0.15, -0.1) is 0 Å². The molecule has 166 valence electrons. The Kier molecular flexibility index (Phi) is 13.0. The topological polar surface area (TPSA) is 111 Å². The summed E-state index contributed by atoms with van der Waals surface area (Å²) in [5, 5.41) is 9.37. The average molecular weight is 413 g/mol. The van der Waals surface area contributed by atoms with E-state index < -0.39 is 17.4 Å². The number of aliphatic hydroxyl groups excluding tert-OH is 1. The molecule has 0 aliphatic heterocycles. The van der Waals surface area contributed by atoms with Gasteiger partial charge < -0.3 is 14.6 Å². The fourth-order valence-electron chi connectivity index (χ4n) is 2.89. The van der Waals surface area contributed by atoms with Crippen LogP contribution in [0.3, 0.4) is 0 Å². The monoisotopic (exact) mass is 412 g/mol. The maximum Gasteiger partial charge on any atom is 0.330 e. The van der Waals surface area contributed by atoms with Crippen LogP contribution >= 0.6 is 0 Å². The third-order valence-corrected chi connectivity index (χ3v) is 4.76. The molecule has 0 bridgehead atoms. The highest BCUT2D eigenvalue weighted by atomic mass is 16.6. The number of hydrogen-bond acceptors (Lipinski definition) is 6. The Morgan fingerprint density at radius 2 is 1.72 bits per heavy atom. The van der Waals surface area contributed by atoms with E-state index in [2.05, 4.69) is 11.9 Å². The maximum absolute atomic E-state index is 11.8. The molecule has 0 amide bonds. The van der Waals surface area contributed by atoms with Crippen molar-refractivity contribution in [1.82, 2.24) is 9.55 Å². The summed E-state index contributed by atoms with van der Waals surface area (Å²) in [4.78, 5) is 37.1. The van der Waals surface area contributed by atoms with Gasteiger partial charge in [-0.25, -0.2) is 4.79 Å². The molecule has 8 heteroatoms. The number of carbonyl (C=O) groups is 1. The fourth-order valence-corrected chi connectivity index (χ4v) is 2.89. The van der Waals surface area contributed by atoms with E-state index in [9.17, 15) is 19.5 Å². The highest BCUT2D eigenvalue weighted by Gasteiger charge is 2.12. The van der Waals surface area contributed by atoms with Crippen LogP contribution < -0.4 is 11.2 Å². The van der Waals surface area contributed by atoms with Gasteiger partial charge in [-0.1, -0.05) is 58.3 Å². The number of carbonyl (C=O) groups excluding carboxylic acids is 1. The van der Waals surface area contributed by atoms with Crippen molar-refractivity contribution < 1.29 is 19.4 Å². The maximum atomic E-state index is 11.8. The molecule has 0 fully saturated rings. The van der Waals surface area contributed by atoms with Crippen LogP contribution in [0.2, 0.25) is 0 Å². The molecule has 1 atom stereocenters. The van der Waals surface area contributed by atoms with Crippen LogP contribution in [0.4, 0.5) is 0 Å². The highest BCUT2D eigenvalue weighted by Crippen LogP contribution is 2.11. The molecule has 0 unspecified atom stereocenters. The van der Waals surface area contributed by atoms with Crippen LogP contribution in [0.5, 0.6) is 0 Å². The van der Waals surface area contributed by atoms with Gasteiger partial charge in [-0.3, -0.25) is 19.1 Å². The fraction of sp³-hybridized carbons (Fsp3) is 0.762. The first-order valence-electron chi connectivity index (χ1n) is 10.7. The molecule has 0 aliphatic rings. The Hall–Kier alpha value is -1.93. The number of aromatic amines is 1. The summed E-state index contributed by atoms with van der Waals surface area (Å²) in [6.45, 7) is 3.21. The number of nitrogens with one attached hydrogen (secondary N) is 1. The van der Waals surface area contributed by atoms with Gasteiger partial charge in [0.1, 0.15) is 19.4 Å². The van der Waals surface area contributed by atoms with E-state index in [4.69, 9.17) is 9.47 Å². The molecule has 1 aromatic rings. The van der Waals surface area contributed by atoms with Gasteiger partial charge in [0.05, 0.1) is 6.61 Å². The van der Waals surface area contributed by atoms with Gasteiger partial charge in [0, 0.05) is 18.2 Å². The molecular weight excluding hydrogens is 376 g/mol. The summed E-state index contributed by atoms with van der Waals surface area (Å²) in [6, 6.07) is 0. The largest absolute Gasteiger partial charge is 0.463 e. The van der Waals surface area contributed by atoms with Gasteiger partial charge in [-0.2, -0.15) is 0 Å². The minimum absolute atomic E-state index is 0.0795. The van der Waals surface area contributed by atoms with Gasteiger partial charge >= 0.3 is 11.7 Å². The summed E-state index contributed by atoms with van der Waals surface area (Å²) in [5.74, 6) is -0.313. The van der Waals surface area contributed by atoms with Crippen molar-refractivity contribution in [2.45, 2.75) is 90.9 Å². The van der Waals surface area contributed by atoms with Crippen molar-refractivity contribution in [2.24, 2.45) is 0 Å². The molecule has 0 aromatic carbocycles. The summed E-state index contributed by atoms with van der Waals surface area (Å²) < 4.78 is 11.8. The lowest BCUT2D eigenvalue weighted by molar-refractivity contribution is -0.150. The summed E-state index contributed by atoms with van der Waals surface area (Å²) in [6.07, 6.45) is 11.6. The molecule has 8 nitrogen and oxygen atoms in total. The zero-order valence-corrected chi connectivity index (χ0v) is 17.8.